The number of hydrogen-bond acceptors (Lipinski definition) is 5. The molecule has 1 aliphatic rings. The number of rotatable bonds is 6. The lowest BCUT2D eigenvalue weighted by molar-refractivity contribution is 0.307. The lowest BCUT2D eigenvalue weighted by atomic mass is 10.2. The van der Waals surface area contributed by atoms with Gasteiger partial charge in [0.15, 0.2) is 9.84 Å². The number of benzene rings is 1. The Kier molecular flexibility index (Phi) is 5.08. The second kappa shape index (κ2) is 6.41. The smallest absolute Gasteiger partial charge is 0.246 e. The molecule has 0 saturated carbocycles. The van der Waals surface area contributed by atoms with Gasteiger partial charge in [0.05, 0.1) is 18.1 Å². The van der Waals surface area contributed by atoms with Crippen LogP contribution in [0.3, 0.4) is 0 Å². The third-order valence-corrected chi connectivity index (χ3v) is 8.12. The third kappa shape index (κ3) is 3.70. The van der Waals surface area contributed by atoms with Gasteiger partial charge < -0.3 is 4.74 Å². The molecule has 1 aromatic rings. The zero-order valence-electron chi connectivity index (χ0n) is 13.8. The molecule has 0 unspecified atom stereocenters. The summed E-state index contributed by atoms with van der Waals surface area (Å²) in [6.07, 6.45) is 0. The Morgan fingerprint density at radius 3 is 2.35 bits per heavy atom. The first kappa shape index (κ1) is 18.2. The maximum Gasteiger partial charge on any atom is 0.246 e. The van der Waals surface area contributed by atoms with E-state index in [1.165, 1.54) is 11.4 Å². The van der Waals surface area contributed by atoms with Gasteiger partial charge in [-0.25, -0.2) is 16.8 Å². The summed E-state index contributed by atoms with van der Waals surface area (Å²) in [7, 11) is -5.59. The fourth-order valence-electron chi connectivity index (χ4n) is 2.55. The van der Waals surface area contributed by atoms with Gasteiger partial charge in [0.25, 0.3) is 0 Å². The van der Waals surface area contributed by atoms with E-state index in [1.54, 1.807) is 25.1 Å². The molecule has 0 radical (unpaired) electrons. The van der Waals surface area contributed by atoms with Crippen molar-refractivity contribution < 1.29 is 21.6 Å². The van der Waals surface area contributed by atoms with Gasteiger partial charge >= 0.3 is 0 Å². The molecule has 8 heteroatoms. The van der Waals surface area contributed by atoms with Crippen LogP contribution in [-0.2, 0) is 19.9 Å². The topological polar surface area (TPSA) is 80.8 Å². The van der Waals surface area contributed by atoms with Crippen molar-refractivity contribution in [2.24, 2.45) is 5.92 Å². The number of methoxy groups -OCH3 is 1. The molecule has 0 spiro atoms. The van der Waals surface area contributed by atoms with Gasteiger partial charge in [0, 0.05) is 13.1 Å². The number of ether oxygens (including phenoxy) is 1. The highest BCUT2D eigenvalue weighted by Crippen LogP contribution is 2.32. The second-order valence-electron chi connectivity index (χ2n) is 6.32. The molecule has 6 nitrogen and oxygen atoms in total. The van der Waals surface area contributed by atoms with Crippen molar-refractivity contribution in [1.82, 2.24) is 4.31 Å². The molecule has 1 heterocycles. The predicted octanol–water partition coefficient (Wildman–Crippen LogP) is 1.45. The van der Waals surface area contributed by atoms with Gasteiger partial charge in [-0.05, 0) is 30.5 Å². The fourth-order valence-corrected chi connectivity index (χ4v) is 6.52. The molecule has 2 rings (SSSR count). The van der Waals surface area contributed by atoms with Gasteiger partial charge in [-0.1, -0.05) is 19.9 Å². The van der Waals surface area contributed by atoms with Crippen LogP contribution in [0.1, 0.15) is 19.4 Å². The van der Waals surface area contributed by atoms with E-state index in [1.807, 2.05) is 13.8 Å². The van der Waals surface area contributed by atoms with Crippen LogP contribution in [0.25, 0.3) is 0 Å². The molecule has 1 aromatic carbocycles. The minimum atomic E-state index is -3.75. The van der Waals surface area contributed by atoms with E-state index >= 15 is 0 Å². The van der Waals surface area contributed by atoms with Crippen molar-refractivity contribution >= 4 is 19.9 Å². The molecule has 1 saturated heterocycles. The number of sulfone groups is 1. The average molecular weight is 361 g/mol. The lowest BCUT2D eigenvalue weighted by Gasteiger charge is -2.38. The zero-order chi connectivity index (χ0) is 17.4. The van der Waals surface area contributed by atoms with Crippen LogP contribution in [0.15, 0.2) is 23.1 Å². The maximum absolute atomic E-state index is 12.7. The van der Waals surface area contributed by atoms with Gasteiger partial charge in [-0.3, -0.25) is 0 Å². The average Bonchev–Trinajstić information content (AvgIpc) is 2.34. The van der Waals surface area contributed by atoms with Crippen LogP contribution in [0.2, 0.25) is 0 Å². The van der Waals surface area contributed by atoms with Crippen LogP contribution in [0.4, 0.5) is 0 Å². The minimum Gasteiger partial charge on any atom is -0.495 e. The first-order chi connectivity index (χ1) is 10.6. The van der Waals surface area contributed by atoms with Crippen LogP contribution in [0, 0.1) is 12.8 Å². The molecular weight excluding hydrogens is 338 g/mol. The molecule has 1 fully saturated rings. The van der Waals surface area contributed by atoms with Crippen molar-refractivity contribution in [2.75, 3.05) is 26.0 Å². The molecule has 0 aromatic heterocycles. The Morgan fingerprint density at radius 2 is 1.83 bits per heavy atom. The van der Waals surface area contributed by atoms with E-state index in [0.29, 0.717) is 0 Å². The molecule has 0 bridgehead atoms. The summed E-state index contributed by atoms with van der Waals surface area (Å²) in [6, 6.07) is 4.92. The third-order valence-electron chi connectivity index (χ3n) is 3.83. The Balaban J connectivity index is 2.21. The van der Waals surface area contributed by atoms with Gasteiger partial charge in [-0.15, -0.1) is 0 Å². The molecule has 1 aliphatic heterocycles. The fraction of sp³-hybridized carbons (Fsp3) is 0.600. The van der Waals surface area contributed by atoms with Crippen molar-refractivity contribution in [3.8, 4) is 5.75 Å². The van der Waals surface area contributed by atoms with E-state index in [9.17, 15) is 16.8 Å². The first-order valence-electron chi connectivity index (χ1n) is 7.44. The minimum absolute atomic E-state index is 0.00842. The first-order valence-corrected chi connectivity index (χ1v) is 10.6. The number of hydrogen-bond donors (Lipinski definition) is 0. The quantitative estimate of drug-likeness (QED) is 0.766. The highest BCUT2D eigenvalue weighted by atomic mass is 32.2. The van der Waals surface area contributed by atoms with Crippen molar-refractivity contribution in [1.29, 1.82) is 0 Å². The summed E-state index contributed by atoms with van der Waals surface area (Å²) in [5.41, 5.74) is 0.800. The summed E-state index contributed by atoms with van der Waals surface area (Å²) in [5.74, 6) is 0.380. The maximum atomic E-state index is 12.7. The Bertz CT molecular complexity index is 778. The summed E-state index contributed by atoms with van der Waals surface area (Å²) in [4.78, 5) is 0.0831. The second-order valence-corrected chi connectivity index (χ2v) is 10.6. The monoisotopic (exact) mass is 361 g/mol. The van der Waals surface area contributed by atoms with Crippen molar-refractivity contribution in [2.45, 2.75) is 30.9 Å². The normalized spacial score (nSPS) is 17.3. The highest BCUT2D eigenvalue weighted by molar-refractivity contribution is 7.92. The van der Waals surface area contributed by atoms with E-state index in [0.717, 1.165) is 5.56 Å². The standard InChI is InChI=1S/C15H23NO5S2/c1-11(2)10-22(17,18)13-8-16(9-13)23(19,20)15-7-12(3)5-6-14(15)21-4/h5-7,11,13H,8-10H2,1-4H3. The molecule has 0 atom stereocenters. The van der Waals surface area contributed by atoms with Gasteiger partial charge in [-0.2, -0.15) is 4.31 Å². The predicted molar refractivity (Wildman–Crippen MR) is 88.9 cm³/mol. The Morgan fingerprint density at radius 1 is 1.22 bits per heavy atom. The van der Waals surface area contributed by atoms with Crippen molar-refractivity contribution in [3.05, 3.63) is 23.8 Å². The van der Waals surface area contributed by atoms with Crippen LogP contribution in [0.5, 0.6) is 5.75 Å². The SMILES string of the molecule is COc1ccc(C)cc1S(=O)(=O)N1CC(S(=O)(=O)CC(C)C)C1. The molecule has 130 valence electrons. The summed E-state index contributed by atoms with van der Waals surface area (Å²) < 4.78 is 56.0. The van der Waals surface area contributed by atoms with E-state index in [2.05, 4.69) is 0 Å². The number of aryl methyl sites for hydroxylation is 1. The number of nitrogens with zero attached hydrogens (tertiary/aromatic N) is 1. The van der Waals surface area contributed by atoms with E-state index in [4.69, 9.17) is 4.74 Å². The number of sulfonamides is 1. The molecular formula is C15H23NO5S2. The Labute approximate surface area is 138 Å². The molecule has 0 N–H and O–H groups in total. The lowest BCUT2D eigenvalue weighted by Crippen LogP contribution is -2.57. The highest BCUT2D eigenvalue weighted by Gasteiger charge is 2.44. The molecule has 23 heavy (non-hydrogen) atoms. The molecule has 0 amide bonds. The summed E-state index contributed by atoms with van der Waals surface area (Å²) in [6.45, 7) is 5.48. The van der Waals surface area contributed by atoms with Crippen LogP contribution in [-0.4, -0.2) is 52.3 Å². The van der Waals surface area contributed by atoms with E-state index in [-0.39, 0.29) is 35.4 Å². The summed E-state index contributed by atoms with van der Waals surface area (Å²) >= 11 is 0. The molecule has 0 aliphatic carbocycles. The largest absolute Gasteiger partial charge is 0.495 e. The van der Waals surface area contributed by atoms with Gasteiger partial charge in [0.1, 0.15) is 10.6 Å². The van der Waals surface area contributed by atoms with Crippen LogP contribution >= 0.6 is 0 Å². The van der Waals surface area contributed by atoms with Crippen LogP contribution < -0.4 is 4.74 Å². The van der Waals surface area contributed by atoms with Crippen molar-refractivity contribution in [3.63, 3.8) is 0 Å². The van der Waals surface area contributed by atoms with E-state index < -0.39 is 25.1 Å². The van der Waals surface area contributed by atoms with Gasteiger partial charge in [0.2, 0.25) is 10.0 Å². The Hall–Kier alpha value is -1.12. The summed E-state index contributed by atoms with van der Waals surface area (Å²) in [5, 5.41) is -0.615. The zero-order valence-corrected chi connectivity index (χ0v) is 15.4.